The second-order valence-corrected chi connectivity index (χ2v) is 3.97. The molecule has 66 valence electrons. The van der Waals surface area contributed by atoms with Crippen molar-refractivity contribution in [2.45, 2.75) is 6.92 Å². The lowest BCUT2D eigenvalue weighted by Gasteiger charge is -2.02. The summed E-state index contributed by atoms with van der Waals surface area (Å²) in [5, 5.41) is 1.99. The molecule has 2 aromatic rings. The molecule has 0 fully saturated rings. The maximum atomic E-state index is 13.0. The highest BCUT2D eigenvalue weighted by Crippen LogP contribution is 2.26. The quantitative estimate of drug-likeness (QED) is 0.650. The summed E-state index contributed by atoms with van der Waals surface area (Å²) in [7, 11) is 0. The van der Waals surface area contributed by atoms with Gasteiger partial charge in [-0.15, -0.1) is 0 Å². The van der Waals surface area contributed by atoms with Crippen LogP contribution in [-0.2, 0) is 0 Å². The number of fused-ring (bicyclic) bond motifs is 1. The average Bonchev–Trinajstić information content (AvgIpc) is 2.06. The lowest BCUT2D eigenvalue weighted by molar-refractivity contribution is 0.629. The van der Waals surface area contributed by atoms with Crippen LogP contribution in [0.4, 0.5) is 4.39 Å². The molecule has 0 spiro atoms. The van der Waals surface area contributed by atoms with Crippen molar-refractivity contribution in [1.82, 2.24) is 0 Å². The van der Waals surface area contributed by atoms with Crippen LogP contribution >= 0.6 is 15.9 Å². The van der Waals surface area contributed by atoms with Gasteiger partial charge in [-0.3, -0.25) is 0 Å². The van der Waals surface area contributed by atoms with Crippen LogP contribution in [0.25, 0.3) is 10.8 Å². The third-order valence-corrected chi connectivity index (χ3v) is 2.68. The van der Waals surface area contributed by atoms with E-state index in [1.165, 1.54) is 11.6 Å². The summed E-state index contributed by atoms with van der Waals surface area (Å²) in [6.45, 7) is 2.02. The van der Waals surface area contributed by atoms with Crippen LogP contribution < -0.4 is 0 Å². The average molecular weight is 239 g/mol. The zero-order valence-corrected chi connectivity index (χ0v) is 8.73. The number of halogens is 2. The Kier molecular flexibility index (Phi) is 2.08. The molecule has 2 rings (SSSR count). The molecule has 13 heavy (non-hydrogen) atoms. The normalized spacial score (nSPS) is 10.7. The maximum absolute atomic E-state index is 13.0. The van der Waals surface area contributed by atoms with Crippen molar-refractivity contribution in [1.29, 1.82) is 0 Å². The summed E-state index contributed by atoms with van der Waals surface area (Å²) < 4.78 is 13.8. The van der Waals surface area contributed by atoms with Crippen LogP contribution in [0.15, 0.2) is 34.8 Å². The monoisotopic (exact) mass is 238 g/mol. The molecule has 0 aromatic heterocycles. The van der Waals surface area contributed by atoms with Crippen molar-refractivity contribution in [3.05, 3.63) is 46.2 Å². The number of rotatable bonds is 0. The van der Waals surface area contributed by atoms with Gasteiger partial charge in [0, 0.05) is 4.47 Å². The van der Waals surface area contributed by atoms with E-state index in [2.05, 4.69) is 15.9 Å². The fourth-order valence-electron chi connectivity index (χ4n) is 1.39. The highest BCUT2D eigenvalue weighted by Gasteiger charge is 2.01. The summed E-state index contributed by atoms with van der Waals surface area (Å²) in [6.07, 6.45) is 0. The number of hydrogen-bond donors (Lipinski definition) is 0. The van der Waals surface area contributed by atoms with Crippen molar-refractivity contribution >= 4 is 26.7 Å². The first-order valence-electron chi connectivity index (χ1n) is 4.02. The smallest absolute Gasteiger partial charge is 0.124 e. The van der Waals surface area contributed by atoms with E-state index in [1.807, 2.05) is 25.1 Å². The van der Waals surface area contributed by atoms with Crippen molar-refractivity contribution < 1.29 is 4.39 Å². The summed E-state index contributed by atoms with van der Waals surface area (Å²) in [4.78, 5) is 0. The second-order valence-electron chi connectivity index (χ2n) is 3.11. The van der Waals surface area contributed by atoms with Crippen LogP contribution in [0, 0.1) is 12.7 Å². The van der Waals surface area contributed by atoms with Crippen LogP contribution in [0.2, 0.25) is 0 Å². The van der Waals surface area contributed by atoms with Gasteiger partial charge in [-0.1, -0.05) is 39.7 Å². The van der Waals surface area contributed by atoms with E-state index in [1.54, 1.807) is 6.07 Å². The van der Waals surface area contributed by atoms with Gasteiger partial charge in [-0.2, -0.15) is 0 Å². The Morgan fingerprint density at radius 1 is 1.15 bits per heavy atom. The van der Waals surface area contributed by atoms with Crippen LogP contribution in [0.1, 0.15) is 5.56 Å². The van der Waals surface area contributed by atoms with Gasteiger partial charge in [0.2, 0.25) is 0 Å². The number of hydrogen-bond acceptors (Lipinski definition) is 0. The van der Waals surface area contributed by atoms with Crippen molar-refractivity contribution in [3.8, 4) is 0 Å². The minimum atomic E-state index is -0.205. The molecule has 0 amide bonds. The minimum absolute atomic E-state index is 0.205. The molecule has 0 atom stereocenters. The van der Waals surface area contributed by atoms with Gasteiger partial charge >= 0.3 is 0 Å². The molecule has 2 heteroatoms. The first-order valence-corrected chi connectivity index (χ1v) is 4.81. The SMILES string of the molecule is Cc1ccc2cc(F)cc(Br)c2c1. The van der Waals surface area contributed by atoms with Gasteiger partial charge in [0.1, 0.15) is 5.82 Å². The van der Waals surface area contributed by atoms with Crippen molar-refractivity contribution in [2.75, 3.05) is 0 Å². The zero-order chi connectivity index (χ0) is 9.42. The zero-order valence-electron chi connectivity index (χ0n) is 7.14. The predicted octanol–water partition coefficient (Wildman–Crippen LogP) is 4.05. The van der Waals surface area contributed by atoms with Crippen LogP contribution in [-0.4, -0.2) is 0 Å². The van der Waals surface area contributed by atoms with E-state index in [0.717, 1.165) is 15.2 Å². The summed E-state index contributed by atoms with van der Waals surface area (Å²) in [5.41, 5.74) is 1.18. The van der Waals surface area contributed by atoms with E-state index in [4.69, 9.17) is 0 Å². The molecule has 0 radical (unpaired) electrons. The predicted molar refractivity (Wildman–Crippen MR) is 56.3 cm³/mol. The Morgan fingerprint density at radius 2 is 1.92 bits per heavy atom. The molecule has 0 aliphatic carbocycles. The van der Waals surface area contributed by atoms with Gasteiger partial charge in [0.15, 0.2) is 0 Å². The molecule has 0 heterocycles. The van der Waals surface area contributed by atoms with E-state index >= 15 is 0 Å². The lowest BCUT2D eigenvalue weighted by atomic mass is 10.1. The van der Waals surface area contributed by atoms with Crippen molar-refractivity contribution in [3.63, 3.8) is 0 Å². The molecule has 0 unspecified atom stereocenters. The molecule has 0 N–H and O–H groups in total. The fraction of sp³-hybridized carbons (Fsp3) is 0.0909. The van der Waals surface area contributed by atoms with E-state index in [-0.39, 0.29) is 5.82 Å². The molecule has 2 aromatic carbocycles. The molecular formula is C11H8BrF. The van der Waals surface area contributed by atoms with Crippen LogP contribution in [0.3, 0.4) is 0 Å². The molecule has 0 bridgehead atoms. The summed E-state index contributed by atoms with van der Waals surface area (Å²) in [6, 6.07) is 8.98. The van der Waals surface area contributed by atoms with Crippen LogP contribution in [0.5, 0.6) is 0 Å². The van der Waals surface area contributed by atoms with Crippen molar-refractivity contribution in [2.24, 2.45) is 0 Å². The minimum Gasteiger partial charge on any atom is -0.207 e. The highest BCUT2D eigenvalue weighted by molar-refractivity contribution is 9.10. The van der Waals surface area contributed by atoms with Gasteiger partial charge in [-0.05, 0) is 29.8 Å². The van der Waals surface area contributed by atoms with Gasteiger partial charge < -0.3 is 0 Å². The Balaban J connectivity index is 2.87. The van der Waals surface area contributed by atoms with E-state index < -0.39 is 0 Å². The molecule has 0 saturated heterocycles. The first-order chi connectivity index (χ1) is 6.16. The molecular weight excluding hydrogens is 231 g/mol. The second kappa shape index (κ2) is 3.11. The maximum Gasteiger partial charge on any atom is 0.124 e. The Labute approximate surface area is 84.5 Å². The highest BCUT2D eigenvalue weighted by atomic mass is 79.9. The Hall–Kier alpha value is -0.890. The molecule has 0 nitrogen and oxygen atoms in total. The first kappa shape index (κ1) is 8.70. The molecule has 0 aliphatic rings. The van der Waals surface area contributed by atoms with Gasteiger partial charge in [0.25, 0.3) is 0 Å². The Bertz CT molecular complexity index is 463. The summed E-state index contributed by atoms with van der Waals surface area (Å²) >= 11 is 3.34. The van der Waals surface area contributed by atoms with E-state index in [9.17, 15) is 4.39 Å². The number of aryl methyl sites for hydroxylation is 1. The summed E-state index contributed by atoms with van der Waals surface area (Å²) in [5.74, 6) is -0.205. The number of benzene rings is 2. The third-order valence-electron chi connectivity index (χ3n) is 2.02. The molecule has 0 aliphatic heterocycles. The van der Waals surface area contributed by atoms with Gasteiger partial charge in [-0.25, -0.2) is 4.39 Å². The lowest BCUT2D eigenvalue weighted by Crippen LogP contribution is -1.80. The topological polar surface area (TPSA) is 0 Å². The Morgan fingerprint density at radius 3 is 2.69 bits per heavy atom. The standard InChI is InChI=1S/C11H8BrF/c1-7-2-3-8-5-9(13)6-11(12)10(8)4-7/h2-6H,1H3. The molecule has 0 saturated carbocycles. The fourth-order valence-corrected chi connectivity index (χ4v) is 1.95. The van der Waals surface area contributed by atoms with Gasteiger partial charge in [0.05, 0.1) is 0 Å². The third kappa shape index (κ3) is 1.59. The van der Waals surface area contributed by atoms with E-state index in [0.29, 0.717) is 0 Å². The largest absolute Gasteiger partial charge is 0.207 e.